The fraction of sp³-hybridized carbons (Fsp3) is 0.143. The van der Waals surface area contributed by atoms with Crippen LogP contribution in [0.1, 0.15) is 18.1 Å². The first kappa shape index (κ1) is 16.8. The van der Waals surface area contributed by atoms with Gasteiger partial charge in [0.05, 0.1) is 6.54 Å². The van der Waals surface area contributed by atoms with Crippen LogP contribution in [0.4, 0.5) is 4.79 Å². The van der Waals surface area contributed by atoms with Crippen LogP contribution >= 0.6 is 15.9 Å². The molecule has 0 unspecified atom stereocenters. The topological polar surface area (TPSA) is 49.4 Å². The summed E-state index contributed by atoms with van der Waals surface area (Å²) in [6, 6.07) is 20.9. The molecular formula is C21H17BrN2O2. The highest BCUT2D eigenvalue weighted by Gasteiger charge is 2.49. The van der Waals surface area contributed by atoms with E-state index in [9.17, 15) is 9.59 Å². The van der Waals surface area contributed by atoms with Gasteiger partial charge in [0.15, 0.2) is 0 Å². The maximum absolute atomic E-state index is 13.2. The van der Waals surface area contributed by atoms with Gasteiger partial charge in [-0.2, -0.15) is 0 Å². The molecule has 1 aliphatic heterocycles. The number of fused-ring (bicyclic) bond motifs is 1. The van der Waals surface area contributed by atoms with Crippen molar-refractivity contribution in [2.75, 3.05) is 0 Å². The number of carbonyl (C=O) groups excluding carboxylic acids is 2. The van der Waals surface area contributed by atoms with E-state index >= 15 is 0 Å². The van der Waals surface area contributed by atoms with Gasteiger partial charge in [0.1, 0.15) is 5.54 Å². The lowest BCUT2D eigenvalue weighted by Gasteiger charge is -2.24. The molecule has 0 radical (unpaired) electrons. The Hall–Kier alpha value is -2.66. The molecule has 1 heterocycles. The van der Waals surface area contributed by atoms with Crippen molar-refractivity contribution >= 4 is 38.6 Å². The van der Waals surface area contributed by atoms with E-state index < -0.39 is 5.54 Å². The smallest absolute Gasteiger partial charge is 0.319 e. The highest BCUT2D eigenvalue weighted by molar-refractivity contribution is 9.10. The molecule has 1 fully saturated rings. The Labute approximate surface area is 159 Å². The van der Waals surface area contributed by atoms with Crippen LogP contribution in [0.3, 0.4) is 0 Å². The lowest BCUT2D eigenvalue weighted by molar-refractivity contribution is -0.131. The van der Waals surface area contributed by atoms with E-state index in [2.05, 4.69) is 21.2 Å². The van der Waals surface area contributed by atoms with Crippen molar-refractivity contribution in [3.63, 3.8) is 0 Å². The van der Waals surface area contributed by atoms with Crippen molar-refractivity contribution in [2.24, 2.45) is 0 Å². The molecule has 3 aromatic rings. The van der Waals surface area contributed by atoms with E-state index in [1.165, 1.54) is 4.90 Å². The molecule has 0 aromatic heterocycles. The van der Waals surface area contributed by atoms with E-state index in [0.29, 0.717) is 0 Å². The summed E-state index contributed by atoms with van der Waals surface area (Å²) < 4.78 is 0.874. The van der Waals surface area contributed by atoms with Crippen LogP contribution in [0.15, 0.2) is 71.2 Å². The van der Waals surface area contributed by atoms with Crippen LogP contribution in [0.25, 0.3) is 10.8 Å². The summed E-state index contributed by atoms with van der Waals surface area (Å²) in [5.41, 5.74) is 0.612. The van der Waals surface area contributed by atoms with Gasteiger partial charge in [-0.3, -0.25) is 9.69 Å². The van der Waals surface area contributed by atoms with Gasteiger partial charge in [0.25, 0.3) is 5.91 Å². The number of nitrogens with zero attached hydrogens (tertiary/aromatic N) is 1. The zero-order valence-corrected chi connectivity index (χ0v) is 15.8. The van der Waals surface area contributed by atoms with E-state index in [1.807, 2.05) is 66.7 Å². The molecule has 130 valence electrons. The second-order valence-corrected chi connectivity index (χ2v) is 7.42. The zero-order chi connectivity index (χ0) is 18.3. The van der Waals surface area contributed by atoms with Crippen molar-refractivity contribution in [1.29, 1.82) is 0 Å². The molecule has 1 saturated heterocycles. The molecule has 1 atom stereocenters. The minimum Gasteiger partial charge on any atom is -0.319 e. The van der Waals surface area contributed by atoms with Crippen LogP contribution in [-0.4, -0.2) is 16.8 Å². The summed E-state index contributed by atoms with van der Waals surface area (Å²) in [7, 11) is 0. The average Bonchev–Trinajstić information content (AvgIpc) is 2.87. The van der Waals surface area contributed by atoms with Crippen molar-refractivity contribution in [3.8, 4) is 0 Å². The summed E-state index contributed by atoms with van der Waals surface area (Å²) in [6.07, 6.45) is 0. The molecule has 4 nitrogen and oxygen atoms in total. The van der Waals surface area contributed by atoms with Crippen LogP contribution < -0.4 is 5.32 Å². The number of carbonyl (C=O) groups is 2. The Morgan fingerprint density at radius 1 is 0.962 bits per heavy atom. The lowest BCUT2D eigenvalue weighted by atomic mass is 9.88. The predicted molar refractivity (Wildman–Crippen MR) is 105 cm³/mol. The maximum atomic E-state index is 13.2. The van der Waals surface area contributed by atoms with Crippen molar-refractivity contribution < 1.29 is 9.59 Å². The van der Waals surface area contributed by atoms with E-state index in [-0.39, 0.29) is 18.5 Å². The molecule has 0 saturated carbocycles. The molecule has 0 bridgehead atoms. The van der Waals surface area contributed by atoms with Gasteiger partial charge < -0.3 is 5.32 Å². The fourth-order valence-corrected chi connectivity index (χ4v) is 3.89. The quantitative estimate of drug-likeness (QED) is 0.645. The van der Waals surface area contributed by atoms with Gasteiger partial charge in [0.2, 0.25) is 0 Å². The average molecular weight is 409 g/mol. The van der Waals surface area contributed by atoms with Crippen LogP contribution in [0, 0.1) is 0 Å². The van der Waals surface area contributed by atoms with E-state index in [4.69, 9.17) is 0 Å². The number of hydrogen-bond acceptors (Lipinski definition) is 2. The number of nitrogens with one attached hydrogen (secondary N) is 1. The van der Waals surface area contributed by atoms with Gasteiger partial charge in [-0.05, 0) is 34.9 Å². The first-order valence-electron chi connectivity index (χ1n) is 8.36. The Balaban J connectivity index is 1.75. The second-order valence-electron chi connectivity index (χ2n) is 6.56. The Morgan fingerprint density at radius 3 is 2.46 bits per heavy atom. The van der Waals surface area contributed by atoms with Crippen LogP contribution in [0.5, 0.6) is 0 Å². The summed E-state index contributed by atoms with van der Waals surface area (Å²) in [5, 5.41) is 4.91. The Kier molecular flexibility index (Phi) is 4.04. The molecule has 4 rings (SSSR count). The summed E-state index contributed by atoms with van der Waals surface area (Å²) >= 11 is 3.48. The van der Waals surface area contributed by atoms with Gasteiger partial charge in [-0.25, -0.2) is 4.79 Å². The number of imide groups is 1. The number of amides is 3. The molecule has 3 amide bonds. The summed E-state index contributed by atoms with van der Waals surface area (Å²) in [4.78, 5) is 27.1. The molecule has 0 aliphatic carbocycles. The number of rotatable bonds is 3. The number of urea groups is 1. The number of hydrogen-bond donors (Lipinski definition) is 1. The summed E-state index contributed by atoms with van der Waals surface area (Å²) in [6.45, 7) is 2.00. The third kappa shape index (κ3) is 2.59. The molecule has 0 spiro atoms. The molecule has 26 heavy (non-hydrogen) atoms. The largest absolute Gasteiger partial charge is 0.325 e. The van der Waals surface area contributed by atoms with Crippen molar-refractivity contribution in [2.45, 2.75) is 19.0 Å². The first-order valence-corrected chi connectivity index (χ1v) is 9.16. The monoisotopic (exact) mass is 408 g/mol. The molecular weight excluding hydrogens is 392 g/mol. The van der Waals surface area contributed by atoms with Crippen LogP contribution in [-0.2, 0) is 16.9 Å². The second kappa shape index (κ2) is 6.25. The van der Waals surface area contributed by atoms with E-state index in [1.54, 1.807) is 6.92 Å². The number of halogens is 1. The fourth-order valence-electron chi connectivity index (χ4n) is 3.48. The molecule has 3 aromatic carbocycles. The van der Waals surface area contributed by atoms with E-state index in [0.717, 1.165) is 26.4 Å². The minimum atomic E-state index is -1.08. The van der Waals surface area contributed by atoms with Crippen LogP contribution in [0.2, 0.25) is 0 Å². The Morgan fingerprint density at radius 2 is 1.65 bits per heavy atom. The van der Waals surface area contributed by atoms with Gasteiger partial charge in [0, 0.05) is 4.47 Å². The first-order chi connectivity index (χ1) is 12.5. The van der Waals surface area contributed by atoms with Gasteiger partial charge >= 0.3 is 6.03 Å². The SMILES string of the molecule is C[C@]1(c2cccc3ccccc23)NC(=O)N(Cc2ccccc2Br)C1=O. The molecule has 1 N–H and O–H groups in total. The summed E-state index contributed by atoms with van der Waals surface area (Å²) in [5.74, 6) is -0.241. The molecule has 1 aliphatic rings. The predicted octanol–water partition coefficient (Wildman–Crippen LogP) is 4.57. The molecule has 5 heteroatoms. The third-order valence-electron chi connectivity index (χ3n) is 4.89. The Bertz CT molecular complexity index is 1030. The standard InChI is InChI=1S/C21H17BrN2O2/c1-21(17-11-6-9-14-7-2-4-10-16(14)17)19(25)24(20(26)23-21)13-15-8-3-5-12-18(15)22/h2-12H,13H2,1H3,(H,23,26)/t21-/m1/s1. The highest BCUT2D eigenvalue weighted by Crippen LogP contribution is 2.34. The highest BCUT2D eigenvalue weighted by atomic mass is 79.9. The van der Waals surface area contributed by atoms with Gasteiger partial charge in [-0.1, -0.05) is 76.6 Å². The minimum absolute atomic E-state index is 0.229. The maximum Gasteiger partial charge on any atom is 0.325 e. The zero-order valence-electron chi connectivity index (χ0n) is 14.2. The third-order valence-corrected chi connectivity index (χ3v) is 5.66. The van der Waals surface area contributed by atoms with Crippen molar-refractivity contribution in [1.82, 2.24) is 10.2 Å². The number of benzene rings is 3. The van der Waals surface area contributed by atoms with Gasteiger partial charge in [-0.15, -0.1) is 0 Å². The lowest BCUT2D eigenvalue weighted by Crippen LogP contribution is -2.41. The normalized spacial score (nSPS) is 19.8. The van der Waals surface area contributed by atoms with Crippen molar-refractivity contribution in [3.05, 3.63) is 82.3 Å².